The molecule has 0 aliphatic carbocycles. The van der Waals surface area contributed by atoms with Crippen LogP contribution >= 0.6 is 0 Å². The van der Waals surface area contributed by atoms with Crippen molar-refractivity contribution in [3.8, 4) is 0 Å². The third kappa shape index (κ3) is 52.9. The van der Waals surface area contributed by atoms with E-state index in [-0.39, 0.29) is 18.6 Å². The number of hydrogen-bond donors (Lipinski definition) is 3. The third-order valence-electron chi connectivity index (χ3n) is 4.17. The van der Waals surface area contributed by atoms with Gasteiger partial charge in [0.05, 0.1) is 39.1 Å². The molecule has 0 saturated heterocycles. The van der Waals surface area contributed by atoms with E-state index >= 15 is 0 Å². The highest BCUT2D eigenvalue weighted by molar-refractivity contribution is 5.75. The summed E-state index contributed by atoms with van der Waals surface area (Å²) in [6, 6.07) is 0. The van der Waals surface area contributed by atoms with E-state index in [1.807, 2.05) is 20.8 Å². The number of aliphatic hydroxyl groups excluding tert-OH is 2. The molecule has 7 heteroatoms. The molecule has 1 unspecified atom stereocenters. The maximum Gasteiger partial charge on any atom is 0.219 e. The van der Waals surface area contributed by atoms with Crippen LogP contribution in [0.3, 0.4) is 0 Å². The Bertz CT molecular complexity index is 320. The van der Waals surface area contributed by atoms with Gasteiger partial charge in [0.1, 0.15) is 0 Å². The lowest BCUT2D eigenvalue weighted by Gasteiger charge is -2.04. The van der Waals surface area contributed by atoms with E-state index < -0.39 is 0 Å². The molecule has 34 heavy (non-hydrogen) atoms. The van der Waals surface area contributed by atoms with Crippen LogP contribution in [0.2, 0.25) is 0 Å². The van der Waals surface area contributed by atoms with Gasteiger partial charge in [0.15, 0.2) is 0 Å². The summed E-state index contributed by atoms with van der Waals surface area (Å²) in [5.74, 6) is 0.156. The Hall–Kier alpha value is -0.730. The second kappa shape index (κ2) is 42.4. The maximum absolute atomic E-state index is 10.6. The summed E-state index contributed by atoms with van der Waals surface area (Å²) in [5, 5.41) is 20.0. The van der Waals surface area contributed by atoms with Crippen molar-refractivity contribution < 1.29 is 29.2 Å². The van der Waals surface area contributed by atoms with Crippen LogP contribution < -0.4 is 5.32 Å². The van der Waals surface area contributed by atoms with Crippen molar-refractivity contribution in [3.63, 3.8) is 0 Å². The normalized spacial score (nSPS) is 10.6. The van der Waals surface area contributed by atoms with Crippen molar-refractivity contribution in [3.05, 3.63) is 0 Å². The molecule has 0 fully saturated rings. The fourth-order valence-corrected chi connectivity index (χ4v) is 2.26. The first-order valence-corrected chi connectivity index (χ1v) is 13.8. The van der Waals surface area contributed by atoms with Gasteiger partial charge in [-0.25, -0.2) is 0 Å². The van der Waals surface area contributed by atoms with Crippen LogP contribution in [0.15, 0.2) is 0 Å². The molecule has 0 heterocycles. The number of nitrogens with one attached hydrogen (secondary N) is 1. The Kier molecular flexibility index (Phi) is 50.5. The average molecular weight is 496 g/mol. The number of carbonyl (C=O) groups is 1. The third-order valence-corrected chi connectivity index (χ3v) is 4.17. The fraction of sp³-hybridized carbons (Fsp3) is 0.963. The standard InChI is InChI=1S/C10H22O3.C8H18O2.C7H15NO.C2H6/c1-2-3-4-5-7-12-9-10-13-8-6-11;1-3-4-5-6-10-7-8(2)9;1-3-5-6-8-7(9)4-2;1-2/h11H,2-10H2,1H3;8-9H,3-7H2,1-2H3;3-6H2,1-2H3,(H,8,9);1-2H3. The van der Waals surface area contributed by atoms with E-state index in [0.29, 0.717) is 32.8 Å². The van der Waals surface area contributed by atoms with Gasteiger partial charge < -0.3 is 29.7 Å². The summed E-state index contributed by atoms with van der Waals surface area (Å²) < 4.78 is 15.5. The Morgan fingerprint density at radius 1 is 0.735 bits per heavy atom. The van der Waals surface area contributed by atoms with Crippen LogP contribution in [0.5, 0.6) is 0 Å². The van der Waals surface area contributed by atoms with Crippen molar-refractivity contribution in [1.29, 1.82) is 0 Å². The van der Waals surface area contributed by atoms with Gasteiger partial charge in [0, 0.05) is 26.2 Å². The number of hydrogen-bond acceptors (Lipinski definition) is 6. The monoisotopic (exact) mass is 495 g/mol. The lowest BCUT2D eigenvalue weighted by molar-refractivity contribution is -0.120. The average Bonchev–Trinajstić information content (AvgIpc) is 2.85. The SMILES string of the molecule is CC.CCCCCCOCCOCCO.CCCCCOCC(C)O.CCCCNC(=O)CC. The van der Waals surface area contributed by atoms with E-state index in [2.05, 4.69) is 26.1 Å². The van der Waals surface area contributed by atoms with Crippen molar-refractivity contribution in [2.75, 3.05) is 52.8 Å². The van der Waals surface area contributed by atoms with Crippen LogP contribution in [0, 0.1) is 0 Å². The van der Waals surface area contributed by atoms with Gasteiger partial charge in [-0.15, -0.1) is 0 Å². The molecule has 0 bridgehead atoms. The Morgan fingerprint density at radius 3 is 1.74 bits per heavy atom. The number of ether oxygens (including phenoxy) is 3. The Balaban J connectivity index is -0.000000195. The van der Waals surface area contributed by atoms with Gasteiger partial charge >= 0.3 is 0 Å². The summed E-state index contributed by atoms with van der Waals surface area (Å²) >= 11 is 0. The minimum Gasteiger partial charge on any atom is -0.394 e. The summed E-state index contributed by atoms with van der Waals surface area (Å²) in [4.78, 5) is 10.6. The van der Waals surface area contributed by atoms with E-state index in [1.54, 1.807) is 6.92 Å². The summed E-state index contributed by atoms with van der Waals surface area (Å²) in [6.07, 6.45) is 11.0. The molecule has 0 radical (unpaired) electrons. The smallest absolute Gasteiger partial charge is 0.219 e. The minimum absolute atomic E-state index is 0.0938. The van der Waals surface area contributed by atoms with Gasteiger partial charge in [-0.3, -0.25) is 4.79 Å². The van der Waals surface area contributed by atoms with Crippen molar-refractivity contribution in [2.24, 2.45) is 0 Å². The molecule has 1 amide bonds. The second-order valence-electron chi connectivity index (χ2n) is 7.70. The summed E-state index contributed by atoms with van der Waals surface area (Å²) in [7, 11) is 0. The maximum atomic E-state index is 10.6. The van der Waals surface area contributed by atoms with Gasteiger partial charge in [-0.1, -0.05) is 80.1 Å². The Morgan fingerprint density at radius 2 is 1.24 bits per heavy atom. The van der Waals surface area contributed by atoms with Crippen LogP contribution in [-0.4, -0.2) is 75.0 Å². The lowest BCUT2D eigenvalue weighted by atomic mass is 10.2. The number of aliphatic hydroxyl groups is 2. The van der Waals surface area contributed by atoms with E-state index in [0.717, 1.165) is 45.4 Å². The van der Waals surface area contributed by atoms with Crippen molar-refractivity contribution >= 4 is 5.91 Å². The first-order valence-electron chi connectivity index (χ1n) is 13.8. The van der Waals surface area contributed by atoms with Crippen molar-refractivity contribution in [1.82, 2.24) is 5.32 Å². The van der Waals surface area contributed by atoms with Crippen LogP contribution in [-0.2, 0) is 19.0 Å². The second-order valence-corrected chi connectivity index (χ2v) is 7.70. The minimum atomic E-state index is -0.318. The zero-order chi connectivity index (χ0) is 26.7. The molecule has 0 aromatic rings. The van der Waals surface area contributed by atoms with Gasteiger partial charge in [0.2, 0.25) is 5.91 Å². The Labute approximate surface area is 212 Å². The quantitative estimate of drug-likeness (QED) is 0.193. The molecule has 0 aliphatic rings. The van der Waals surface area contributed by atoms with E-state index in [1.165, 1.54) is 32.1 Å². The molecule has 0 aliphatic heterocycles. The van der Waals surface area contributed by atoms with Crippen LogP contribution in [0.25, 0.3) is 0 Å². The number of carbonyl (C=O) groups excluding carboxylic acids is 1. The predicted molar refractivity (Wildman–Crippen MR) is 144 cm³/mol. The highest BCUT2D eigenvalue weighted by Gasteiger charge is 1.94. The number of rotatable bonds is 20. The first kappa shape index (κ1) is 40.4. The predicted octanol–water partition coefficient (Wildman–Crippen LogP) is 5.51. The summed E-state index contributed by atoms with van der Waals surface area (Å²) in [5.41, 5.74) is 0. The van der Waals surface area contributed by atoms with E-state index in [9.17, 15) is 4.79 Å². The van der Waals surface area contributed by atoms with Crippen LogP contribution in [0.4, 0.5) is 0 Å². The highest BCUT2D eigenvalue weighted by atomic mass is 16.5. The van der Waals surface area contributed by atoms with Crippen molar-refractivity contribution in [2.45, 2.75) is 119 Å². The molecule has 0 aromatic heterocycles. The first-order chi connectivity index (χ1) is 16.5. The zero-order valence-electron chi connectivity index (χ0n) is 23.8. The molecule has 3 N–H and O–H groups in total. The summed E-state index contributed by atoms with van der Waals surface area (Å²) in [6.45, 7) is 18.8. The fourth-order valence-electron chi connectivity index (χ4n) is 2.26. The van der Waals surface area contributed by atoms with Crippen LogP contribution in [0.1, 0.15) is 113 Å². The lowest BCUT2D eigenvalue weighted by Crippen LogP contribution is -2.22. The van der Waals surface area contributed by atoms with E-state index in [4.69, 9.17) is 24.4 Å². The van der Waals surface area contributed by atoms with Gasteiger partial charge in [0.25, 0.3) is 0 Å². The molecular formula is C27H61NO6. The van der Waals surface area contributed by atoms with Gasteiger partial charge in [-0.2, -0.15) is 0 Å². The highest BCUT2D eigenvalue weighted by Crippen LogP contribution is 1.98. The molecule has 0 saturated carbocycles. The molecular weight excluding hydrogens is 434 g/mol. The molecule has 0 aromatic carbocycles. The molecule has 210 valence electrons. The largest absolute Gasteiger partial charge is 0.394 e. The zero-order valence-corrected chi connectivity index (χ0v) is 23.8. The molecule has 0 rings (SSSR count). The molecule has 0 spiro atoms. The number of unbranched alkanes of at least 4 members (excludes halogenated alkanes) is 6. The van der Waals surface area contributed by atoms with Gasteiger partial charge in [-0.05, 0) is 26.2 Å². The number of amides is 1. The molecule has 7 nitrogen and oxygen atoms in total. The topological polar surface area (TPSA) is 97.2 Å². The molecule has 1 atom stereocenters.